The summed E-state index contributed by atoms with van der Waals surface area (Å²) in [5.74, 6) is 0.438. The fraction of sp³-hybridized carbons (Fsp3) is 0.588. The minimum absolute atomic E-state index is 0.0647. The Kier molecular flexibility index (Phi) is 4.64. The van der Waals surface area contributed by atoms with Crippen LogP contribution in [0.4, 0.5) is 0 Å². The zero-order valence-electron chi connectivity index (χ0n) is 13.0. The van der Waals surface area contributed by atoms with E-state index in [1.807, 2.05) is 29.2 Å². The lowest BCUT2D eigenvalue weighted by Gasteiger charge is -2.37. The van der Waals surface area contributed by atoms with Crippen molar-refractivity contribution in [3.8, 4) is 5.75 Å². The molecular weight excluding hydrogens is 282 g/mol. The van der Waals surface area contributed by atoms with E-state index >= 15 is 0 Å². The van der Waals surface area contributed by atoms with Crippen LogP contribution in [0.1, 0.15) is 36.5 Å². The topological polar surface area (TPSA) is 48.0 Å². The maximum absolute atomic E-state index is 12.5. The van der Waals surface area contributed by atoms with Crippen molar-refractivity contribution < 1.29 is 19.0 Å². The van der Waals surface area contributed by atoms with Gasteiger partial charge >= 0.3 is 0 Å². The maximum atomic E-state index is 12.5. The van der Waals surface area contributed by atoms with E-state index in [-0.39, 0.29) is 5.91 Å². The highest BCUT2D eigenvalue weighted by Gasteiger charge is 2.40. The van der Waals surface area contributed by atoms with Crippen LogP contribution in [0.3, 0.4) is 0 Å². The summed E-state index contributed by atoms with van der Waals surface area (Å²) in [7, 11) is 0. The number of hydrogen-bond acceptors (Lipinski definition) is 4. The van der Waals surface area contributed by atoms with Crippen LogP contribution in [0.25, 0.3) is 0 Å². The van der Waals surface area contributed by atoms with Crippen molar-refractivity contribution in [1.82, 2.24) is 4.90 Å². The lowest BCUT2D eigenvalue weighted by atomic mass is 10.0. The van der Waals surface area contributed by atoms with Crippen molar-refractivity contribution in [2.24, 2.45) is 0 Å². The van der Waals surface area contributed by atoms with Crippen molar-refractivity contribution in [2.75, 3.05) is 32.9 Å². The van der Waals surface area contributed by atoms with Gasteiger partial charge in [0.2, 0.25) is 0 Å². The number of piperidine rings is 1. The molecule has 2 heterocycles. The summed E-state index contributed by atoms with van der Waals surface area (Å²) in [6, 6.07) is 7.38. The third-order valence-corrected chi connectivity index (χ3v) is 4.20. The Bertz CT molecular complexity index is 498. The second kappa shape index (κ2) is 6.67. The fourth-order valence-corrected chi connectivity index (χ4v) is 2.93. The zero-order valence-corrected chi connectivity index (χ0v) is 13.0. The first-order chi connectivity index (χ1) is 10.7. The van der Waals surface area contributed by atoms with Gasteiger partial charge in [0, 0.05) is 31.5 Å². The third-order valence-electron chi connectivity index (χ3n) is 4.20. The number of likely N-dealkylation sites (tertiary alicyclic amines) is 1. The van der Waals surface area contributed by atoms with Gasteiger partial charge in [-0.25, -0.2) is 0 Å². The molecule has 0 aliphatic carbocycles. The maximum Gasteiger partial charge on any atom is 0.253 e. The average molecular weight is 305 g/mol. The van der Waals surface area contributed by atoms with E-state index in [0.29, 0.717) is 38.5 Å². The van der Waals surface area contributed by atoms with Crippen LogP contribution in [-0.2, 0) is 9.47 Å². The highest BCUT2D eigenvalue weighted by Crippen LogP contribution is 2.31. The molecule has 5 heteroatoms. The minimum Gasteiger partial charge on any atom is -0.494 e. The summed E-state index contributed by atoms with van der Waals surface area (Å²) in [6.07, 6.45) is 2.47. The van der Waals surface area contributed by atoms with Crippen molar-refractivity contribution >= 4 is 5.91 Å². The van der Waals surface area contributed by atoms with Crippen LogP contribution in [-0.4, -0.2) is 49.5 Å². The second-order valence-corrected chi connectivity index (χ2v) is 5.77. The molecular formula is C17H23NO4. The smallest absolute Gasteiger partial charge is 0.253 e. The molecule has 0 aromatic heterocycles. The Labute approximate surface area is 131 Å². The molecule has 1 aromatic rings. The predicted octanol–water partition coefficient (Wildman–Crippen LogP) is 2.45. The molecule has 5 nitrogen and oxygen atoms in total. The minimum atomic E-state index is -0.436. The van der Waals surface area contributed by atoms with Crippen LogP contribution in [0, 0.1) is 0 Å². The van der Waals surface area contributed by atoms with Gasteiger partial charge in [-0.15, -0.1) is 0 Å². The summed E-state index contributed by atoms with van der Waals surface area (Å²) >= 11 is 0. The molecule has 2 fully saturated rings. The van der Waals surface area contributed by atoms with E-state index in [2.05, 4.69) is 6.92 Å². The monoisotopic (exact) mass is 305 g/mol. The Morgan fingerprint density at radius 1 is 1.18 bits per heavy atom. The SMILES string of the molecule is CCCOc1ccc(C(=O)N2CCC3(CC2)OCCO3)cc1. The van der Waals surface area contributed by atoms with E-state index in [0.717, 1.165) is 25.0 Å². The fourth-order valence-electron chi connectivity index (χ4n) is 2.93. The van der Waals surface area contributed by atoms with Gasteiger partial charge in [0.05, 0.1) is 19.8 Å². The van der Waals surface area contributed by atoms with Gasteiger partial charge < -0.3 is 19.1 Å². The van der Waals surface area contributed by atoms with Gasteiger partial charge in [0.1, 0.15) is 5.75 Å². The molecule has 0 radical (unpaired) electrons. The Morgan fingerprint density at radius 3 is 2.41 bits per heavy atom. The summed E-state index contributed by atoms with van der Waals surface area (Å²) < 4.78 is 16.9. The number of nitrogens with zero attached hydrogens (tertiary/aromatic N) is 1. The van der Waals surface area contributed by atoms with Gasteiger partial charge in [0.25, 0.3) is 5.91 Å². The van der Waals surface area contributed by atoms with Crippen LogP contribution < -0.4 is 4.74 Å². The van der Waals surface area contributed by atoms with Gasteiger partial charge in [-0.3, -0.25) is 4.79 Å². The molecule has 0 atom stereocenters. The van der Waals surface area contributed by atoms with E-state index in [1.54, 1.807) is 0 Å². The Hall–Kier alpha value is -1.59. The van der Waals surface area contributed by atoms with Gasteiger partial charge in [-0.1, -0.05) is 6.92 Å². The highest BCUT2D eigenvalue weighted by molar-refractivity contribution is 5.94. The van der Waals surface area contributed by atoms with Gasteiger partial charge in [-0.2, -0.15) is 0 Å². The summed E-state index contributed by atoms with van der Waals surface area (Å²) in [5, 5.41) is 0. The molecule has 3 rings (SSSR count). The average Bonchev–Trinajstić information content (AvgIpc) is 3.02. The van der Waals surface area contributed by atoms with Crippen LogP contribution >= 0.6 is 0 Å². The Balaban J connectivity index is 1.57. The van der Waals surface area contributed by atoms with E-state index in [4.69, 9.17) is 14.2 Å². The lowest BCUT2D eigenvalue weighted by molar-refractivity contribution is -0.181. The lowest BCUT2D eigenvalue weighted by Crippen LogP contribution is -2.47. The van der Waals surface area contributed by atoms with Crippen LogP contribution in [0.2, 0.25) is 0 Å². The quantitative estimate of drug-likeness (QED) is 0.857. The first-order valence-electron chi connectivity index (χ1n) is 8.02. The molecule has 120 valence electrons. The molecule has 0 unspecified atom stereocenters. The molecule has 1 aromatic carbocycles. The molecule has 22 heavy (non-hydrogen) atoms. The number of hydrogen-bond donors (Lipinski definition) is 0. The summed E-state index contributed by atoms with van der Waals surface area (Å²) in [4.78, 5) is 14.4. The van der Waals surface area contributed by atoms with Crippen LogP contribution in [0.15, 0.2) is 24.3 Å². The molecule has 0 N–H and O–H groups in total. The third kappa shape index (κ3) is 3.25. The summed E-state index contributed by atoms with van der Waals surface area (Å²) in [5.41, 5.74) is 0.702. The largest absolute Gasteiger partial charge is 0.494 e. The van der Waals surface area contributed by atoms with Crippen molar-refractivity contribution in [3.05, 3.63) is 29.8 Å². The molecule has 0 saturated carbocycles. The zero-order chi connectivity index (χ0) is 15.4. The standard InChI is InChI=1S/C17H23NO4/c1-2-11-20-15-5-3-14(4-6-15)16(19)18-9-7-17(8-10-18)21-12-13-22-17/h3-6H,2,7-13H2,1H3. The Morgan fingerprint density at radius 2 is 1.82 bits per heavy atom. The molecule has 0 bridgehead atoms. The molecule has 2 aliphatic rings. The number of amides is 1. The number of carbonyl (C=O) groups is 1. The molecule has 2 aliphatic heterocycles. The van der Waals surface area contributed by atoms with Gasteiger partial charge in [-0.05, 0) is 30.7 Å². The predicted molar refractivity (Wildman–Crippen MR) is 82.0 cm³/mol. The number of carbonyl (C=O) groups excluding carboxylic acids is 1. The number of benzene rings is 1. The molecule has 1 spiro atoms. The van der Waals surface area contributed by atoms with Crippen LogP contribution in [0.5, 0.6) is 5.75 Å². The van der Waals surface area contributed by atoms with Crippen molar-refractivity contribution in [1.29, 1.82) is 0 Å². The van der Waals surface area contributed by atoms with E-state index in [9.17, 15) is 4.79 Å². The first-order valence-corrected chi connectivity index (χ1v) is 8.02. The van der Waals surface area contributed by atoms with E-state index < -0.39 is 5.79 Å². The summed E-state index contributed by atoms with van der Waals surface area (Å²) in [6.45, 7) is 5.43. The van der Waals surface area contributed by atoms with Crippen molar-refractivity contribution in [2.45, 2.75) is 32.0 Å². The normalized spacial score (nSPS) is 20.3. The molecule has 2 saturated heterocycles. The number of ether oxygens (including phenoxy) is 3. The van der Waals surface area contributed by atoms with E-state index in [1.165, 1.54) is 0 Å². The van der Waals surface area contributed by atoms with Gasteiger partial charge in [0.15, 0.2) is 5.79 Å². The van der Waals surface area contributed by atoms with Crippen molar-refractivity contribution in [3.63, 3.8) is 0 Å². The highest BCUT2D eigenvalue weighted by atomic mass is 16.7. The second-order valence-electron chi connectivity index (χ2n) is 5.77. The number of rotatable bonds is 4. The first kappa shape index (κ1) is 15.3. The molecule has 1 amide bonds.